The van der Waals surface area contributed by atoms with E-state index in [9.17, 15) is 22.5 Å². The van der Waals surface area contributed by atoms with E-state index in [1.54, 1.807) is 12.1 Å². The van der Waals surface area contributed by atoms with Gasteiger partial charge in [-0.3, -0.25) is 4.21 Å². The molecule has 0 aromatic heterocycles. The Balaban J connectivity index is 1.29. The summed E-state index contributed by atoms with van der Waals surface area (Å²) in [7, 11) is -0.982. The summed E-state index contributed by atoms with van der Waals surface area (Å²) >= 11 is 0. The van der Waals surface area contributed by atoms with Crippen LogP contribution in [0.4, 0.5) is 13.2 Å². The first-order valence-electron chi connectivity index (χ1n) is 17.0. The lowest BCUT2D eigenvalue weighted by Crippen LogP contribution is -2.08. The molecule has 3 rings (SSSR count). The second-order valence-electron chi connectivity index (χ2n) is 11.9. The van der Waals surface area contributed by atoms with Crippen LogP contribution in [0.25, 0.3) is 11.1 Å². The maximum Gasteiger partial charge on any atom is 0.389 e. The minimum absolute atomic E-state index is 0.0777. The number of hydrogen-bond donors (Lipinski definition) is 1. The lowest BCUT2D eigenvalue weighted by molar-refractivity contribution is -0.135. The maximum absolute atomic E-state index is 12.2. The van der Waals surface area contributed by atoms with Crippen molar-refractivity contribution in [2.75, 3.05) is 18.1 Å². The van der Waals surface area contributed by atoms with E-state index < -0.39 is 23.4 Å². The lowest BCUT2D eigenvalue weighted by atomic mass is 9.88. The number of alkyl halides is 3. The molecule has 0 aliphatic rings. The molecule has 0 saturated carbocycles. The van der Waals surface area contributed by atoms with Gasteiger partial charge in [-0.25, -0.2) is 0 Å². The van der Waals surface area contributed by atoms with Gasteiger partial charge in [0, 0.05) is 28.7 Å². The fourth-order valence-corrected chi connectivity index (χ4v) is 6.94. The van der Waals surface area contributed by atoms with Gasteiger partial charge < -0.3 is 9.84 Å². The van der Waals surface area contributed by atoms with Crippen molar-refractivity contribution >= 4 is 21.9 Å². The molecule has 0 saturated heterocycles. The molecule has 0 fully saturated rings. The number of phenolic OH excluding ortho intramolecular Hbond substituents is 1. The van der Waals surface area contributed by atoms with E-state index in [2.05, 4.69) is 43.3 Å². The van der Waals surface area contributed by atoms with Gasteiger partial charge in [-0.15, -0.1) is 0 Å². The molecule has 7 heteroatoms. The van der Waals surface area contributed by atoms with E-state index in [4.69, 9.17) is 4.74 Å². The third kappa shape index (κ3) is 14.6. The van der Waals surface area contributed by atoms with Gasteiger partial charge in [0.2, 0.25) is 0 Å². The molecule has 46 heavy (non-hydrogen) atoms. The molecule has 0 heterocycles. The van der Waals surface area contributed by atoms with Gasteiger partial charge in [-0.05, 0) is 84.2 Å². The molecule has 0 aliphatic carbocycles. The Bertz CT molecular complexity index is 1300. The average Bonchev–Trinajstić information content (AvgIpc) is 3.05. The summed E-state index contributed by atoms with van der Waals surface area (Å²) in [6, 6.07) is 26.2. The Labute approximate surface area is 276 Å². The zero-order chi connectivity index (χ0) is 33.0. The number of unbranched alkanes of at least 4 members (excludes halogenated alkanes) is 10. The normalized spacial score (nSPS) is 13.0. The Morgan fingerprint density at radius 3 is 1.70 bits per heavy atom. The van der Waals surface area contributed by atoms with E-state index in [0.717, 1.165) is 61.0 Å². The summed E-state index contributed by atoms with van der Waals surface area (Å²) < 4.78 is 54.4. The van der Waals surface area contributed by atoms with Crippen LogP contribution in [0.15, 0.2) is 78.9 Å². The molecule has 0 spiro atoms. The van der Waals surface area contributed by atoms with Crippen molar-refractivity contribution < 1.29 is 27.2 Å². The van der Waals surface area contributed by atoms with Crippen molar-refractivity contribution in [3.63, 3.8) is 0 Å². The molecule has 0 radical (unpaired) electrons. The van der Waals surface area contributed by atoms with Crippen molar-refractivity contribution in [2.45, 2.75) is 103 Å². The first-order chi connectivity index (χ1) is 22.3. The van der Waals surface area contributed by atoms with Gasteiger partial charge in [0.15, 0.2) is 0 Å². The topological polar surface area (TPSA) is 46.5 Å². The summed E-state index contributed by atoms with van der Waals surface area (Å²) in [4.78, 5) is 0. The zero-order valence-corrected chi connectivity index (χ0v) is 28.1. The third-order valence-electron chi connectivity index (χ3n) is 8.19. The van der Waals surface area contributed by atoms with Crippen LogP contribution in [0.1, 0.15) is 114 Å². The van der Waals surface area contributed by atoms with Gasteiger partial charge in [0.1, 0.15) is 11.5 Å². The number of hydrogen-bond acceptors (Lipinski definition) is 3. The van der Waals surface area contributed by atoms with Crippen LogP contribution in [-0.2, 0) is 10.8 Å². The van der Waals surface area contributed by atoms with Gasteiger partial charge >= 0.3 is 6.18 Å². The smallest absolute Gasteiger partial charge is 0.389 e. The lowest BCUT2D eigenvalue weighted by Gasteiger charge is -2.17. The van der Waals surface area contributed by atoms with Crippen molar-refractivity contribution in [1.29, 1.82) is 0 Å². The summed E-state index contributed by atoms with van der Waals surface area (Å²) in [5.41, 5.74) is 5.80. The molecule has 3 aromatic carbocycles. The standard InChI is InChI=1S/C39H51F3O3S/c1-2-37(32-18-12-11-13-19-32)38(33-20-24-35(43)25-21-33)34-22-26-36(27-23-34)45-29-15-9-7-5-3-4-6-8-10-16-30-46(44)31-17-14-28-39(40,41)42/h11-13,18-27,43H,2-10,14-17,28-31H2,1H3/b38-37-. The highest BCUT2D eigenvalue weighted by atomic mass is 32.2. The van der Waals surface area contributed by atoms with Crippen LogP contribution in [0, 0.1) is 0 Å². The van der Waals surface area contributed by atoms with E-state index >= 15 is 0 Å². The number of aromatic hydroxyl groups is 1. The summed E-state index contributed by atoms with van der Waals surface area (Å²) in [5, 5.41) is 9.86. The van der Waals surface area contributed by atoms with Crippen molar-refractivity contribution in [3.8, 4) is 11.5 Å². The Morgan fingerprint density at radius 1 is 0.652 bits per heavy atom. The van der Waals surface area contributed by atoms with E-state index in [1.807, 2.05) is 30.3 Å². The number of phenols is 1. The molecule has 252 valence electrons. The van der Waals surface area contributed by atoms with Crippen LogP contribution in [-0.4, -0.2) is 33.6 Å². The predicted octanol–water partition coefficient (Wildman–Crippen LogP) is 11.5. The van der Waals surface area contributed by atoms with Crippen LogP contribution in [0.3, 0.4) is 0 Å². The molecular weight excluding hydrogens is 605 g/mol. The number of halogens is 3. The number of rotatable bonds is 22. The fourth-order valence-electron chi connectivity index (χ4n) is 5.69. The first kappa shape index (κ1) is 37.4. The van der Waals surface area contributed by atoms with Crippen LogP contribution < -0.4 is 4.74 Å². The zero-order valence-electron chi connectivity index (χ0n) is 27.3. The highest BCUT2D eigenvalue weighted by Crippen LogP contribution is 2.35. The third-order valence-corrected chi connectivity index (χ3v) is 9.68. The Kier molecular flexibility index (Phi) is 17.0. The summed E-state index contributed by atoms with van der Waals surface area (Å²) in [6.07, 6.45) is 7.80. The Morgan fingerprint density at radius 2 is 1.15 bits per heavy atom. The van der Waals surface area contributed by atoms with Crippen LogP contribution in [0.2, 0.25) is 0 Å². The average molecular weight is 657 g/mol. The minimum atomic E-state index is -4.10. The SMILES string of the molecule is CC/C(=C(\c1ccc(O)cc1)c1ccc(OCCCCCCCCCCCCS(=O)CCCCC(F)(F)F)cc1)c1ccccc1. The molecule has 3 aromatic rings. The second kappa shape index (κ2) is 20.9. The molecule has 1 atom stereocenters. The van der Waals surface area contributed by atoms with E-state index in [1.165, 1.54) is 43.2 Å². The minimum Gasteiger partial charge on any atom is -0.508 e. The van der Waals surface area contributed by atoms with Gasteiger partial charge in [0.05, 0.1) is 6.61 Å². The van der Waals surface area contributed by atoms with E-state index in [0.29, 0.717) is 24.5 Å². The highest BCUT2D eigenvalue weighted by molar-refractivity contribution is 7.84. The molecule has 0 bridgehead atoms. The quantitative estimate of drug-likeness (QED) is 0.0865. The number of ether oxygens (including phenoxy) is 1. The second-order valence-corrected chi connectivity index (χ2v) is 13.6. The van der Waals surface area contributed by atoms with Crippen molar-refractivity contribution in [3.05, 3.63) is 95.6 Å². The molecule has 1 N–H and O–H groups in total. The first-order valence-corrected chi connectivity index (χ1v) is 18.5. The molecule has 1 unspecified atom stereocenters. The van der Waals surface area contributed by atoms with Crippen LogP contribution in [0.5, 0.6) is 11.5 Å². The summed E-state index contributed by atoms with van der Waals surface area (Å²) in [5.74, 6) is 2.13. The molecular formula is C39H51F3O3S. The van der Waals surface area contributed by atoms with Crippen molar-refractivity contribution in [1.82, 2.24) is 0 Å². The number of allylic oxidation sites excluding steroid dienone is 1. The summed E-state index contributed by atoms with van der Waals surface area (Å²) in [6.45, 7) is 2.88. The van der Waals surface area contributed by atoms with Gasteiger partial charge in [-0.2, -0.15) is 13.2 Å². The molecule has 0 aliphatic heterocycles. The van der Waals surface area contributed by atoms with E-state index in [-0.39, 0.29) is 12.2 Å². The molecule has 3 nitrogen and oxygen atoms in total. The van der Waals surface area contributed by atoms with Gasteiger partial charge in [-0.1, -0.05) is 113 Å². The molecule has 0 amide bonds. The highest BCUT2D eigenvalue weighted by Gasteiger charge is 2.25. The van der Waals surface area contributed by atoms with Gasteiger partial charge in [0.25, 0.3) is 0 Å². The maximum atomic E-state index is 12.2. The van der Waals surface area contributed by atoms with Crippen molar-refractivity contribution in [2.24, 2.45) is 0 Å². The monoisotopic (exact) mass is 656 g/mol. The number of benzene rings is 3. The largest absolute Gasteiger partial charge is 0.508 e. The fraction of sp³-hybridized carbons (Fsp3) is 0.487. The predicted molar refractivity (Wildman–Crippen MR) is 187 cm³/mol. The van der Waals surface area contributed by atoms with Crippen LogP contribution >= 0.6 is 0 Å². The Hall–Kier alpha value is -3.06.